The van der Waals surface area contributed by atoms with Crippen molar-refractivity contribution >= 4 is 39.3 Å². The first-order valence-corrected chi connectivity index (χ1v) is 19.2. The van der Waals surface area contributed by atoms with Crippen LogP contribution in [0.3, 0.4) is 0 Å². The molecular formula is C36H52N4O6S. The summed E-state index contributed by atoms with van der Waals surface area (Å²) in [7, 11) is -0.517. The Morgan fingerprint density at radius 3 is 2.00 bits per heavy atom. The fourth-order valence-electron chi connectivity index (χ4n) is 7.35. The number of amides is 2. The summed E-state index contributed by atoms with van der Waals surface area (Å²) in [4.78, 5) is 32.8. The molecule has 1 saturated heterocycles. The predicted molar refractivity (Wildman–Crippen MR) is 188 cm³/mol. The van der Waals surface area contributed by atoms with E-state index in [0.29, 0.717) is 23.1 Å². The number of carbonyl (C=O) groups excluding carboxylic acids is 2. The van der Waals surface area contributed by atoms with E-state index >= 15 is 0 Å². The Morgan fingerprint density at radius 2 is 1.38 bits per heavy atom. The molecule has 47 heavy (non-hydrogen) atoms. The van der Waals surface area contributed by atoms with Crippen LogP contribution in [0.5, 0.6) is 0 Å². The Hall–Kier alpha value is -3.31. The molecule has 2 aromatic rings. The first-order chi connectivity index (χ1) is 22.6. The Bertz CT molecular complexity index is 1470. The molecule has 0 spiro atoms. The van der Waals surface area contributed by atoms with Gasteiger partial charge in [0.05, 0.1) is 43.0 Å². The van der Waals surface area contributed by atoms with Crippen molar-refractivity contribution in [1.29, 1.82) is 0 Å². The van der Waals surface area contributed by atoms with Gasteiger partial charge >= 0.3 is 12.2 Å². The number of benzene rings is 2. The molecule has 2 amide bonds. The van der Waals surface area contributed by atoms with E-state index in [1.165, 1.54) is 76.1 Å². The maximum absolute atomic E-state index is 14.2. The number of fused-ring (bicyclic) bond motifs is 1. The molecule has 1 saturated carbocycles. The van der Waals surface area contributed by atoms with Crippen LogP contribution in [-0.2, 0) is 19.5 Å². The van der Waals surface area contributed by atoms with Crippen molar-refractivity contribution in [3.8, 4) is 11.1 Å². The molecule has 5 rings (SSSR count). The smallest absolute Gasteiger partial charge is 0.416 e. The molecule has 10 nitrogen and oxygen atoms in total. The lowest BCUT2D eigenvalue weighted by molar-refractivity contribution is -0.0611. The number of methoxy groups -OCH3 is 1. The van der Waals surface area contributed by atoms with Crippen LogP contribution >= 0.6 is 0 Å². The maximum atomic E-state index is 14.2. The molecule has 2 atom stereocenters. The van der Waals surface area contributed by atoms with E-state index < -0.39 is 22.2 Å². The van der Waals surface area contributed by atoms with Gasteiger partial charge in [0.1, 0.15) is 0 Å². The minimum atomic E-state index is -3.39. The molecule has 0 radical (unpaired) electrons. The zero-order valence-electron chi connectivity index (χ0n) is 28.5. The third kappa shape index (κ3) is 8.41. The van der Waals surface area contributed by atoms with E-state index in [-0.39, 0.29) is 18.8 Å². The monoisotopic (exact) mass is 668 g/mol. The van der Waals surface area contributed by atoms with Crippen LogP contribution < -0.4 is 14.1 Å². The Kier molecular flexibility index (Phi) is 11.7. The van der Waals surface area contributed by atoms with Crippen molar-refractivity contribution in [2.75, 3.05) is 47.6 Å². The van der Waals surface area contributed by atoms with Gasteiger partial charge in [-0.3, -0.25) is 19.0 Å². The van der Waals surface area contributed by atoms with Gasteiger partial charge in [0.2, 0.25) is 10.0 Å². The van der Waals surface area contributed by atoms with Crippen molar-refractivity contribution in [3.63, 3.8) is 0 Å². The highest BCUT2D eigenvalue weighted by Gasteiger charge is 2.39. The number of ether oxygens (including phenoxy) is 2. The van der Waals surface area contributed by atoms with E-state index in [1.54, 1.807) is 21.9 Å². The van der Waals surface area contributed by atoms with E-state index in [1.807, 2.05) is 37.3 Å². The second-order valence-electron chi connectivity index (χ2n) is 13.4. The van der Waals surface area contributed by atoms with E-state index in [0.717, 1.165) is 49.8 Å². The van der Waals surface area contributed by atoms with Crippen molar-refractivity contribution in [1.82, 2.24) is 4.90 Å². The van der Waals surface area contributed by atoms with Gasteiger partial charge < -0.3 is 9.47 Å². The SMILES string of the molecule is COC(=O)N1c2ccc(-c3ccc(N(C)S(C)(=O)=O)cc3)cc2N(C(=O)OC2CCCCN2C2CCCCCCCCCC2)C[C@@H]1C. The highest BCUT2D eigenvalue weighted by Crippen LogP contribution is 2.40. The molecule has 2 fully saturated rings. The highest BCUT2D eigenvalue weighted by atomic mass is 32.2. The quantitative estimate of drug-likeness (QED) is 0.321. The first kappa shape index (κ1) is 35.0. The summed E-state index contributed by atoms with van der Waals surface area (Å²) in [6.45, 7) is 3.11. The molecule has 0 bridgehead atoms. The molecular weight excluding hydrogens is 616 g/mol. The second kappa shape index (κ2) is 15.7. The predicted octanol–water partition coefficient (Wildman–Crippen LogP) is 7.76. The first-order valence-electron chi connectivity index (χ1n) is 17.4. The van der Waals surface area contributed by atoms with E-state index in [9.17, 15) is 18.0 Å². The minimum absolute atomic E-state index is 0.263. The van der Waals surface area contributed by atoms with Gasteiger partial charge in [0.15, 0.2) is 6.23 Å². The van der Waals surface area contributed by atoms with Crippen molar-refractivity contribution in [2.24, 2.45) is 0 Å². The molecule has 11 heteroatoms. The highest BCUT2D eigenvalue weighted by molar-refractivity contribution is 7.92. The normalized spacial score (nSPS) is 22.1. The maximum Gasteiger partial charge on any atom is 0.416 e. The number of nitrogens with zero attached hydrogens (tertiary/aromatic N) is 4. The van der Waals surface area contributed by atoms with Gasteiger partial charge in [-0.2, -0.15) is 0 Å². The van der Waals surface area contributed by atoms with E-state index in [4.69, 9.17) is 9.47 Å². The van der Waals surface area contributed by atoms with Crippen molar-refractivity contribution in [3.05, 3.63) is 42.5 Å². The molecule has 1 unspecified atom stereocenters. The lowest BCUT2D eigenvalue weighted by Gasteiger charge is -2.43. The molecule has 2 aromatic carbocycles. The largest absolute Gasteiger partial charge is 0.452 e. The molecule has 1 aliphatic carbocycles. The number of sulfonamides is 1. The van der Waals surface area contributed by atoms with Crippen LogP contribution in [0.1, 0.15) is 90.4 Å². The summed E-state index contributed by atoms with van der Waals surface area (Å²) in [6, 6.07) is 12.9. The summed E-state index contributed by atoms with van der Waals surface area (Å²) in [6.07, 6.45) is 15.5. The minimum Gasteiger partial charge on any atom is -0.452 e. The number of piperidine rings is 1. The van der Waals surface area contributed by atoms with Crippen molar-refractivity contribution in [2.45, 2.75) is 109 Å². The van der Waals surface area contributed by atoms with Gasteiger partial charge in [-0.15, -0.1) is 0 Å². The summed E-state index contributed by atoms with van der Waals surface area (Å²) in [5.41, 5.74) is 3.37. The lowest BCUT2D eigenvalue weighted by Crippen LogP contribution is -2.54. The van der Waals surface area contributed by atoms with Crippen LogP contribution in [0.15, 0.2) is 42.5 Å². The fourth-order valence-corrected chi connectivity index (χ4v) is 7.86. The summed E-state index contributed by atoms with van der Waals surface area (Å²) in [5, 5.41) is 0. The van der Waals surface area contributed by atoms with Gasteiger partial charge in [-0.1, -0.05) is 69.6 Å². The number of hydrogen-bond acceptors (Lipinski definition) is 7. The van der Waals surface area contributed by atoms with Crippen LogP contribution in [0.25, 0.3) is 11.1 Å². The molecule has 0 aromatic heterocycles. The number of likely N-dealkylation sites (tertiary alicyclic amines) is 1. The molecule has 0 N–H and O–H groups in total. The van der Waals surface area contributed by atoms with E-state index in [2.05, 4.69) is 4.90 Å². The second-order valence-corrected chi connectivity index (χ2v) is 15.4. The Balaban J connectivity index is 1.41. The summed E-state index contributed by atoms with van der Waals surface area (Å²) >= 11 is 0. The van der Waals surface area contributed by atoms with Crippen LogP contribution in [0.2, 0.25) is 0 Å². The number of rotatable bonds is 5. The third-order valence-electron chi connectivity index (χ3n) is 10.1. The van der Waals surface area contributed by atoms with Crippen molar-refractivity contribution < 1.29 is 27.5 Å². The molecule has 258 valence electrons. The van der Waals surface area contributed by atoms with Crippen LogP contribution in [-0.4, -0.2) is 77.3 Å². The van der Waals surface area contributed by atoms with Gasteiger partial charge in [-0.05, 0) is 74.4 Å². The van der Waals surface area contributed by atoms with Gasteiger partial charge in [0.25, 0.3) is 0 Å². The summed E-state index contributed by atoms with van der Waals surface area (Å²) < 4.78 is 36.8. The topological polar surface area (TPSA) is 99.7 Å². The zero-order valence-corrected chi connectivity index (χ0v) is 29.3. The Labute approximate surface area is 281 Å². The van der Waals surface area contributed by atoms with Gasteiger partial charge in [-0.25, -0.2) is 18.0 Å². The third-order valence-corrected chi connectivity index (χ3v) is 11.3. The molecule has 3 aliphatic rings. The standard InChI is InChI=1S/C36H52N4O6S/c1-27-26-39(35(41)46-34-17-13-14-24-38(34)31-15-11-9-7-5-6-8-10-12-16-31)33-25-29(20-23-32(33)40(27)36(42)45-3)28-18-21-30(22-19-28)37(2)47(4,43)44/h18-23,25,27,31,34H,5-17,24,26H2,1-4H3/t27-,34?/m0/s1. The van der Waals surface area contributed by atoms with Crippen LogP contribution in [0, 0.1) is 0 Å². The number of carbonyl (C=O) groups is 2. The molecule has 2 heterocycles. The number of hydrogen-bond donors (Lipinski definition) is 0. The fraction of sp³-hybridized carbons (Fsp3) is 0.611. The lowest BCUT2D eigenvalue weighted by atomic mass is 9.97. The molecule has 2 aliphatic heterocycles. The average Bonchev–Trinajstić information content (AvgIpc) is 3.13. The van der Waals surface area contributed by atoms with Crippen LogP contribution in [0.4, 0.5) is 26.7 Å². The summed E-state index contributed by atoms with van der Waals surface area (Å²) in [5.74, 6) is 0. The number of anilines is 3. The zero-order chi connectivity index (χ0) is 33.6. The Morgan fingerprint density at radius 1 is 0.787 bits per heavy atom. The average molecular weight is 669 g/mol. The van der Waals surface area contributed by atoms with Gasteiger partial charge in [0, 0.05) is 19.6 Å².